The van der Waals surface area contributed by atoms with Crippen LogP contribution in [0, 0.1) is 0 Å². The zero-order chi connectivity index (χ0) is 15.0. The maximum absolute atomic E-state index is 12.6. The Bertz CT molecular complexity index is 507. The Kier molecular flexibility index (Phi) is 3.87. The third-order valence-corrected chi connectivity index (χ3v) is 4.03. The highest BCUT2D eigenvalue weighted by Crippen LogP contribution is 2.37. The Labute approximate surface area is 116 Å². The molecule has 1 aliphatic rings. The maximum Gasteiger partial charge on any atom is 0.419 e. The normalized spacial score (nSPS) is 23.1. The van der Waals surface area contributed by atoms with E-state index < -0.39 is 30.8 Å². The molecule has 1 aromatic heterocycles. The van der Waals surface area contributed by atoms with E-state index in [4.69, 9.17) is 0 Å². The summed E-state index contributed by atoms with van der Waals surface area (Å²) in [5.41, 5.74) is -2.83. The molecule has 20 heavy (non-hydrogen) atoms. The second-order valence-corrected chi connectivity index (χ2v) is 5.55. The Morgan fingerprint density at radius 1 is 1.55 bits per heavy atom. The molecule has 0 radical (unpaired) electrons. The third kappa shape index (κ3) is 2.85. The van der Waals surface area contributed by atoms with Gasteiger partial charge in [0.15, 0.2) is 5.60 Å². The molecule has 0 aromatic carbocycles. The number of urea groups is 1. The number of nitrogens with zero attached hydrogens (tertiary/aromatic N) is 3. The minimum atomic E-state index is -4.75. The number of hydrogen-bond donors (Lipinski definition) is 2. The molecule has 2 rings (SSSR count). The number of aliphatic hydroxyl groups is 1. The molecule has 2 heterocycles. The first-order valence-electron chi connectivity index (χ1n) is 5.92. The van der Waals surface area contributed by atoms with Crippen molar-refractivity contribution in [3.8, 4) is 0 Å². The number of halogens is 3. The van der Waals surface area contributed by atoms with Gasteiger partial charge in [0, 0.05) is 13.0 Å². The van der Waals surface area contributed by atoms with Gasteiger partial charge in [-0.1, -0.05) is 18.3 Å². The maximum atomic E-state index is 12.6. The first kappa shape index (κ1) is 15.0. The van der Waals surface area contributed by atoms with Crippen molar-refractivity contribution in [3.63, 3.8) is 0 Å². The summed E-state index contributed by atoms with van der Waals surface area (Å²) in [6.07, 6.45) is -4.62. The van der Waals surface area contributed by atoms with Crippen molar-refractivity contribution in [1.82, 2.24) is 15.1 Å². The van der Waals surface area contributed by atoms with Crippen LogP contribution in [0.25, 0.3) is 0 Å². The van der Waals surface area contributed by atoms with Crippen LogP contribution >= 0.6 is 11.3 Å². The molecule has 0 aliphatic carbocycles. The first-order chi connectivity index (χ1) is 9.25. The molecule has 0 bridgehead atoms. The summed E-state index contributed by atoms with van der Waals surface area (Å²) in [7, 11) is 0. The minimum Gasteiger partial charge on any atom is -0.379 e. The summed E-state index contributed by atoms with van der Waals surface area (Å²) in [6.45, 7) is 0.930. The van der Waals surface area contributed by atoms with Crippen LogP contribution < -0.4 is 5.32 Å². The molecular weight excluding hydrogens is 297 g/mol. The number of carbonyl (C=O) groups is 1. The zero-order valence-corrected chi connectivity index (χ0v) is 11.4. The van der Waals surface area contributed by atoms with Gasteiger partial charge in [-0.15, -0.1) is 10.2 Å². The number of aryl methyl sites for hydroxylation is 1. The molecular formula is C10H13F3N4O2S. The Balaban J connectivity index is 1.98. The van der Waals surface area contributed by atoms with E-state index in [-0.39, 0.29) is 11.7 Å². The highest BCUT2D eigenvalue weighted by molar-refractivity contribution is 7.15. The number of nitrogens with one attached hydrogen (secondary N) is 1. The van der Waals surface area contributed by atoms with Crippen molar-refractivity contribution in [2.24, 2.45) is 0 Å². The molecule has 2 amide bonds. The monoisotopic (exact) mass is 310 g/mol. The molecule has 0 spiro atoms. The quantitative estimate of drug-likeness (QED) is 0.870. The van der Waals surface area contributed by atoms with E-state index in [9.17, 15) is 23.1 Å². The predicted octanol–water partition coefficient (Wildman–Crippen LogP) is 1.63. The lowest BCUT2D eigenvalue weighted by Gasteiger charge is -2.25. The van der Waals surface area contributed by atoms with E-state index >= 15 is 0 Å². The Morgan fingerprint density at radius 2 is 2.25 bits per heavy atom. The van der Waals surface area contributed by atoms with Crippen LogP contribution in [0.2, 0.25) is 0 Å². The fourth-order valence-electron chi connectivity index (χ4n) is 1.82. The average Bonchev–Trinajstić information content (AvgIpc) is 2.95. The van der Waals surface area contributed by atoms with Gasteiger partial charge < -0.3 is 10.0 Å². The second kappa shape index (κ2) is 5.17. The van der Waals surface area contributed by atoms with Crippen LogP contribution in [0.1, 0.15) is 18.4 Å². The number of carbonyl (C=O) groups excluding carboxylic acids is 1. The average molecular weight is 310 g/mol. The molecule has 112 valence electrons. The molecule has 1 aliphatic heterocycles. The van der Waals surface area contributed by atoms with Crippen molar-refractivity contribution in [3.05, 3.63) is 5.01 Å². The van der Waals surface area contributed by atoms with Gasteiger partial charge in [0.25, 0.3) is 0 Å². The predicted molar refractivity (Wildman–Crippen MR) is 65.5 cm³/mol. The minimum absolute atomic E-state index is 0.165. The SMILES string of the molecule is CCc1nnc(NC(=O)N2CCC(O)(C(F)(F)F)C2)s1. The number of hydrogen-bond acceptors (Lipinski definition) is 5. The molecule has 0 saturated carbocycles. The number of alkyl halides is 3. The smallest absolute Gasteiger partial charge is 0.379 e. The van der Waals surface area contributed by atoms with E-state index in [1.807, 2.05) is 6.92 Å². The molecule has 1 saturated heterocycles. The van der Waals surface area contributed by atoms with Crippen molar-refractivity contribution < 1.29 is 23.1 Å². The van der Waals surface area contributed by atoms with E-state index in [1.165, 1.54) is 0 Å². The van der Waals surface area contributed by atoms with Gasteiger partial charge in [-0.3, -0.25) is 5.32 Å². The van der Waals surface area contributed by atoms with E-state index in [2.05, 4.69) is 15.5 Å². The van der Waals surface area contributed by atoms with E-state index in [1.54, 1.807) is 0 Å². The number of amides is 2. The third-order valence-electron chi connectivity index (χ3n) is 3.05. The second-order valence-electron chi connectivity index (χ2n) is 4.49. The molecule has 1 fully saturated rings. The standard InChI is InChI=1S/C10H13F3N4O2S/c1-2-6-15-16-7(20-6)14-8(18)17-4-3-9(19,5-17)10(11,12)13/h19H,2-5H2,1H3,(H,14,16,18). The van der Waals surface area contributed by atoms with Gasteiger partial charge in [-0.2, -0.15) is 13.2 Å². The topological polar surface area (TPSA) is 78.4 Å². The summed E-state index contributed by atoms with van der Waals surface area (Å²) in [5.74, 6) is 0. The van der Waals surface area contributed by atoms with Crippen molar-refractivity contribution >= 4 is 22.5 Å². The summed E-state index contributed by atoms with van der Waals surface area (Å²) >= 11 is 1.16. The van der Waals surface area contributed by atoms with Crippen molar-refractivity contribution in [2.45, 2.75) is 31.5 Å². The molecule has 1 unspecified atom stereocenters. The van der Waals surface area contributed by atoms with Gasteiger partial charge in [0.1, 0.15) is 5.01 Å². The van der Waals surface area contributed by atoms with Crippen LogP contribution in [0.3, 0.4) is 0 Å². The van der Waals surface area contributed by atoms with Gasteiger partial charge in [0.2, 0.25) is 5.13 Å². The highest BCUT2D eigenvalue weighted by atomic mass is 32.1. The van der Waals surface area contributed by atoms with Crippen LogP contribution in [0.5, 0.6) is 0 Å². The number of β-amino-alcohol motifs (C(OH)–C–C–N with tert-alkyl or cyclic N) is 1. The number of aromatic nitrogens is 2. The summed E-state index contributed by atoms with van der Waals surface area (Å²) in [6, 6.07) is -0.719. The van der Waals surface area contributed by atoms with Crippen LogP contribution in [-0.2, 0) is 6.42 Å². The molecule has 6 nitrogen and oxygen atoms in total. The Morgan fingerprint density at radius 3 is 2.75 bits per heavy atom. The van der Waals surface area contributed by atoms with Crippen molar-refractivity contribution in [2.75, 3.05) is 18.4 Å². The van der Waals surface area contributed by atoms with Crippen LogP contribution in [0.4, 0.5) is 23.1 Å². The van der Waals surface area contributed by atoms with Gasteiger partial charge in [0.05, 0.1) is 6.54 Å². The van der Waals surface area contributed by atoms with E-state index in [0.717, 1.165) is 16.2 Å². The number of rotatable bonds is 2. The summed E-state index contributed by atoms with van der Waals surface area (Å²) in [5, 5.41) is 20.3. The number of likely N-dealkylation sites (tertiary alicyclic amines) is 1. The lowest BCUT2D eigenvalue weighted by Crippen LogP contribution is -2.48. The molecule has 2 N–H and O–H groups in total. The fraction of sp³-hybridized carbons (Fsp3) is 0.700. The lowest BCUT2D eigenvalue weighted by atomic mass is 10.0. The largest absolute Gasteiger partial charge is 0.419 e. The van der Waals surface area contributed by atoms with Gasteiger partial charge in [-0.25, -0.2) is 4.79 Å². The van der Waals surface area contributed by atoms with Crippen LogP contribution in [0.15, 0.2) is 0 Å². The van der Waals surface area contributed by atoms with E-state index in [0.29, 0.717) is 11.4 Å². The summed E-state index contributed by atoms with van der Waals surface area (Å²) in [4.78, 5) is 12.7. The Hall–Kier alpha value is -1.42. The fourth-order valence-corrected chi connectivity index (χ4v) is 2.49. The summed E-state index contributed by atoms with van der Waals surface area (Å²) < 4.78 is 37.9. The first-order valence-corrected chi connectivity index (χ1v) is 6.74. The zero-order valence-electron chi connectivity index (χ0n) is 10.6. The number of anilines is 1. The highest BCUT2D eigenvalue weighted by Gasteiger charge is 2.57. The van der Waals surface area contributed by atoms with Crippen molar-refractivity contribution in [1.29, 1.82) is 0 Å². The lowest BCUT2D eigenvalue weighted by molar-refractivity contribution is -0.253. The van der Waals surface area contributed by atoms with Gasteiger partial charge in [-0.05, 0) is 6.42 Å². The molecule has 1 atom stereocenters. The van der Waals surface area contributed by atoms with Crippen LogP contribution in [-0.4, -0.2) is 51.1 Å². The molecule has 1 aromatic rings. The molecule has 10 heteroatoms. The van der Waals surface area contributed by atoms with Gasteiger partial charge >= 0.3 is 12.2 Å².